The van der Waals surface area contributed by atoms with Crippen LogP contribution in [0.25, 0.3) is 0 Å². The molecule has 2 atom stereocenters. The minimum atomic E-state index is -3.07. The van der Waals surface area contributed by atoms with Crippen molar-refractivity contribution in [3.8, 4) is 0 Å². The Kier molecular flexibility index (Phi) is 5.49. The third kappa shape index (κ3) is 4.11. The van der Waals surface area contributed by atoms with Crippen LogP contribution in [0.5, 0.6) is 0 Å². The van der Waals surface area contributed by atoms with Gasteiger partial charge < -0.3 is 15.2 Å². The molecule has 2 N–H and O–H groups in total. The van der Waals surface area contributed by atoms with E-state index in [0.717, 1.165) is 6.42 Å². The highest BCUT2D eigenvalue weighted by Crippen LogP contribution is 2.36. The number of ether oxygens (including phenoxy) is 1. The fraction of sp³-hybridized carbons (Fsp3) is 0.667. The second-order valence-corrected chi connectivity index (χ2v) is 6.90. The Labute approximate surface area is 141 Å². The Bertz CT molecular complexity index is 529. The van der Waals surface area contributed by atoms with Crippen molar-refractivity contribution in [1.29, 1.82) is 0 Å². The summed E-state index contributed by atoms with van der Waals surface area (Å²) >= 11 is 0. The number of alkyl halides is 2. The van der Waals surface area contributed by atoms with Crippen molar-refractivity contribution in [3.05, 3.63) is 35.9 Å². The Morgan fingerprint density at radius 1 is 1.21 bits per heavy atom. The highest BCUT2D eigenvalue weighted by atomic mass is 19.3. The first-order chi connectivity index (χ1) is 11.5. The molecule has 1 aromatic rings. The molecule has 0 spiro atoms. The zero-order chi connectivity index (χ0) is 17.0. The Hall–Kier alpha value is -1.08. The predicted molar refractivity (Wildman–Crippen MR) is 88.3 cm³/mol. The minimum Gasteiger partial charge on any atom is -0.382 e. The maximum atomic E-state index is 14.4. The minimum absolute atomic E-state index is 0.00364. The van der Waals surface area contributed by atoms with E-state index in [-0.39, 0.29) is 32.0 Å². The summed E-state index contributed by atoms with van der Waals surface area (Å²) in [5.74, 6) is -3.07. The lowest BCUT2D eigenvalue weighted by Gasteiger charge is -2.41. The molecule has 2 unspecified atom stereocenters. The SMILES string of the molecule is OC1(CN2CCOC(Cc3ccccc3)C2)CCNCCC1(F)F. The van der Waals surface area contributed by atoms with Gasteiger partial charge in [-0.05, 0) is 24.9 Å². The fourth-order valence-corrected chi connectivity index (χ4v) is 3.57. The molecule has 3 rings (SSSR count). The molecule has 0 aromatic heterocycles. The van der Waals surface area contributed by atoms with Gasteiger partial charge in [0.2, 0.25) is 0 Å². The van der Waals surface area contributed by atoms with Gasteiger partial charge in [-0.15, -0.1) is 0 Å². The lowest BCUT2D eigenvalue weighted by Crippen LogP contribution is -2.58. The van der Waals surface area contributed by atoms with E-state index in [1.165, 1.54) is 5.56 Å². The predicted octanol–water partition coefficient (Wildman–Crippen LogP) is 1.68. The Balaban J connectivity index is 1.62. The van der Waals surface area contributed by atoms with E-state index in [9.17, 15) is 13.9 Å². The molecule has 2 heterocycles. The van der Waals surface area contributed by atoms with E-state index in [1.54, 1.807) is 0 Å². The summed E-state index contributed by atoms with van der Waals surface area (Å²) in [6.07, 6.45) is 0.484. The van der Waals surface area contributed by atoms with Gasteiger partial charge in [0.05, 0.1) is 12.7 Å². The van der Waals surface area contributed by atoms with Crippen LogP contribution in [0, 0.1) is 0 Å². The van der Waals surface area contributed by atoms with E-state index in [0.29, 0.717) is 26.2 Å². The van der Waals surface area contributed by atoms with Crippen LogP contribution in [0.2, 0.25) is 0 Å². The van der Waals surface area contributed by atoms with Crippen LogP contribution < -0.4 is 5.32 Å². The van der Waals surface area contributed by atoms with Crippen LogP contribution >= 0.6 is 0 Å². The molecule has 1 aromatic carbocycles. The largest absolute Gasteiger partial charge is 0.382 e. The van der Waals surface area contributed by atoms with Gasteiger partial charge in [0, 0.05) is 32.6 Å². The van der Waals surface area contributed by atoms with Crippen LogP contribution in [-0.2, 0) is 11.2 Å². The third-order valence-corrected chi connectivity index (χ3v) is 5.03. The number of rotatable bonds is 4. The summed E-state index contributed by atoms with van der Waals surface area (Å²) in [7, 11) is 0. The van der Waals surface area contributed by atoms with Gasteiger partial charge >= 0.3 is 0 Å². The van der Waals surface area contributed by atoms with Crippen molar-refractivity contribution in [3.63, 3.8) is 0 Å². The highest BCUT2D eigenvalue weighted by Gasteiger charge is 2.53. The van der Waals surface area contributed by atoms with Crippen molar-refractivity contribution in [2.75, 3.05) is 39.3 Å². The number of halogens is 2. The quantitative estimate of drug-likeness (QED) is 0.875. The average Bonchev–Trinajstić information content (AvgIpc) is 2.67. The molecule has 6 heteroatoms. The van der Waals surface area contributed by atoms with Crippen molar-refractivity contribution >= 4 is 0 Å². The molecule has 2 aliphatic heterocycles. The summed E-state index contributed by atoms with van der Waals surface area (Å²) in [6, 6.07) is 10.0. The Morgan fingerprint density at radius 3 is 2.75 bits per heavy atom. The summed E-state index contributed by atoms with van der Waals surface area (Å²) in [5, 5.41) is 13.6. The molecule has 2 aliphatic rings. The molecule has 0 saturated carbocycles. The van der Waals surface area contributed by atoms with Gasteiger partial charge in [0.25, 0.3) is 5.92 Å². The molecule has 2 fully saturated rings. The number of morpholine rings is 1. The Morgan fingerprint density at radius 2 is 1.96 bits per heavy atom. The van der Waals surface area contributed by atoms with Crippen LogP contribution in [0.3, 0.4) is 0 Å². The zero-order valence-electron chi connectivity index (χ0n) is 13.9. The second kappa shape index (κ2) is 7.44. The number of benzene rings is 1. The van der Waals surface area contributed by atoms with E-state index in [4.69, 9.17) is 4.74 Å². The van der Waals surface area contributed by atoms with Gasteiger partial charge in [0.15, 0.2) is 0 Å². The lowest BCUT2D eigenvalue weighted by molar-refractivity contribution is -0.196. The molecule has 0 aliphatic carbocycles. The third-order valence-electron chi connectivity index (χ3n) is 5.03. The fourth-order valence-electron chi connectivity index (χ4n) is 3.57. The normalized spacial score (nSPS) is 31.5. The van der Waals surface area contributed by atoms with Crippen LogP contribution in [0.4, 0.5) is 8.78 Å². The molecule has 0 bridgehead atoms. The average molecular weight is 340 g/mol. The molecule has 24 heavy (non-hydrogen) atoms. The van der Waals surface area contributed by atoms with Crippen molar-refractivity contribution in [1.82, 2.24) is 10.2 Å². The molecule has 0 amide bonds. The van der Waals surface area contributed by atoms with Crippen molar-refractivity contribution < 1.29 is 18.6 Å². The molecule has 134 valence electrons. The highest BCUT2D eigenvalue weighted by molar-refractivity contribution is 5.15. The molecule has 4 nitrogen and oxygen atoms in total. The van der Waals surface area contributed by atoms with Gasteiger partial charge in [0.1, 0.15) is 5.60 Å². The number of nitrogens with one attached hydrogen (secondary N) is 1. The van der Waals surface area contributed by atoms with Gasteiger partial charge in [-0.25, -0.2) is 8.78 Å². The second-order valence-electron chi connectivity index (χ2n) is 6.90. The zero-order valence-corrected chi connectivity index (χ0v) is 13.9. The van der Waals surface area contributed by atoms with Crippen molar-refractivity contribution in [2.24, 2.45) is 0 Å². The van der Waals surface area contributed by atoms with Crippen LogP contribution in [-0.4, -0.2) is 67.0 Å². The molecule has 2 saturated heterocycles. The number of nitrogens with zero attached hydrogens (tertiary/aromatic N) is 1. The summed E-state index contributed by atoms with van der Waals surface area (Å²) < 4.78 is 34.5. The summed E-state index contributed by atoms with van der Waals surface area (Å²) in [6.45, 7) is 2.32. The first-order valence-electron chi connectivity index (χ1n) is 8.67. The summed E-state index contributed by atoms with van der Waals surface area (Å²) in [5.41, 5.74) is -0.794. The van der Waals surface area contributed by atoms with E-state index in [2.05, 4.69) is 5.32 Å². The standard InChI is InChI=1S/C18H26F2N2O2/c19-18(20)7-9-21-8-6-17(18,23)14-22-10-11-24-16(13-22)12-15-4-2-1-3-5-15/h1-5,16,21,23H,6-14H2. The summed E-state index contributed by atoms with van der Waals surface area (Å²) in [4.78, 5) is 1.93. The van der Waals surface area contributed by atoms with Gasteiger partial charge in [-0.1, -0.05) is 30.3 Å². The maximum Gasteiger partial charge on any atom is 0.278 e. The van der Waals surface area contributed by atoms with Crippen LogP contribution in [0.15, 0.2) is 30.3 Å². The van der Waals surface area contributed by atoms with Crippen LogP contribution in [0.1, 0.15) is 18.4 Å². The number of β-amino-alcohol motifs (C(OH)–C–C–N with tert-alkyl or cyclic N) is 1. The van der Waals surface area contributed by atoms with Gasteiger partial charge in [-0.2, -0.15) is 0 Å². The van der Waals surface area contributed by atoms with E-state index in [1.807, 2.05) is 35.2 Å². The van der Waals surface area contributed by atoms with E-state index >= 15 is 0 Å². The number of hydrogen-bond donors (Lipinski definition) is 2. The topological polar surface area (TPSA) is 44.7 Å². The van der Waals surface area contributed by atoms with Gasteiger partial charge in [-0.3, -0.25) is 4.90 Å². The first kappa shape index (κ1) is 17.7. The number of hydrogen-bond acceptors (Lipinski definition) is 4. The molecular weight excluding hydrogens is 314 g/mol. The molecular formula is C18H26F2N2O2. The monoisotopic (exact) mass is 340 g/mol. The lowest BCUT2D eigenvalue weighted by atomic mass is 9.89. The van der Waals surface area contributed by atoms with E-state index < -0.39 is 11.5 Å². The first-order valence-corrected chi connectivity index (χ1v) is 8.67. The van der Waals surface area contributed by atoms with Crippen molar-refractivity contribution in [2.45, 2.75) is 36.9 Å². The number of aliphatic hydroxyl groups is 1. The molecule has 0 radical (unpaired) electrons. The maximum absolute atomic E-state index is 14.4. The smallest absolute Gasteiger partial charge is 0.278 e.